The summed E-state index contributed by atoms with van der Waals surface area (Å²) in [5, 5.41) is 9.71. The van der Waals surface area contributed by atoms with Crippen LogP contribution >= 0.6 is 0 Å². The van der Waals surface area contributed by atoms with Crippen molar-refractivity contribution in [3.05, 3.63) is 0 Å². The van der Waals surface area contributed by atoms with Crippen LogP contribution in [0, 0.1) is 0 Å². The zero-order valence-corrected chi connectivity index (χ0v) is 11.8. The molecular weight excluding hydrogens is 205 g/mol. The summed E-state index contributed by atoms with van der Waals surface area (Å²) in [6, 6.07) is 0. The molecule has 7 heteroatoms. The topological polar surface area (TPSA) is 118 Å². The first-order chi connectivity index (χ1) is 6.41. The average molecular weight is 229 g/mol. The van der Waals surface area contributed by atoms with Gasteiger partial charge in [0.25, 0.3) is 0 Å². The molecule has 0 amide bonds. The zero-order valence-electron chi connectivity index (χ0n) is 9.76. The van der Waals surface area contributed by atoms with Crippen molar-refractivity contribution in [1.29, 1.82) is 0 Å². The summed E-state index contributed by atoms with van der Waals surface area (Å²) < 4.78 is 0. The van der Waals surface area contributed by atoms with Crippen LogP contribution in [-0.4, -0.2) is 57.8 Å². The van der Waals surface area contributed by atoms with Crippen LogP contribution in [0.5, 0.6) is 0 Å². The van der Waals surface area contributed by atoms with E-state index >= 15 is 0 Å². The summed E-state index contributed by atoms with van der Waals surface area (Å²) in [6.45, 7) is 7.15. The molecule has 0 aliphatic rings. The van der Waals surface area contributed by atoms with Gasteiger partial charge in [0, 0.05) is 52.4 Å². The van der Waals surface area contributed by atoms with Crippen LogP contribution in [-0.2, 0) is 0 Å². The molecule has 0 atom stereocenters. The van der Waals surface area contributed by atoms with Crippen molar-refractivity contribution in [2.24, 2.45) is 11.5 Å². The van der Waals surface area contributed by atoms with Gasteiger partial charge in [0.2, 0.25) is 0 Å². The van der Waals surface area contributed by atoms with Gasteiger partial charge in [-0.3, -0.25) is 0 Å². The molecule has 0 aromatic heterocycles. The predicted octanol–water partition coefficient (Wildman–Crippen LogP) is -5.50. The summed E-state index contributed by atoms with van der Waals surface area (Å²) in [5.74, 6) is 0. The smallest absolute Gasteiger partial charge is 0.870 e. The van der Waals surface area contributed by atoms with E-state index in [1.165, 1.54) is 0 Å². The van der Waals surface area contributed by atoms with E-state index in [-0.39, 0.29) is 35.0 Å². The van der Waals surface area contributed by atoms with E-state index in [0.717, 1.165) is 39.3 Å². The van der Waals surface area contributed by atoms with Gasteiger partial charge in [-0.15, -0.1) is 0 Å². The molecule has 6 nitrogen and oxygen atoms in total. The number of rotatable bonds is 10. The van der Waals surface area contributed by atoms with Crippen LogP contribution in [0.1, 0.15) is 0 Å². The summed E-state index contributed by atoms with van der Waals surface area (Å²) in [4.78, 5) is 0. The first-order valence-corrected chi connectivity index (χ1v) is 4.94. The van der Waals surface area contributed by atoms with Crippen LogP contribution in [0.15, 0.2) is 0 Å². The largest absolute Gasteiger partial charge is 1.00 e. The maximum absolute atomic E-state index is 5.32. The van der Waals surface area contributed by atoms with Gasteiger partial charge >= 0.3 is 29.6 Å². The van der Waals surface area contributed by atoms with Crippen molar-refractivity contribution in [1.82, 2.24) is 16.0 Å². The van der Waals surface area contributed by atoms with E-state index in [4.69, 9.17) is 11.5 Å². The molecule has 0 rings (SSSR count). The molecule has 8 N–H and O–H groups in total. The van der Waals surface area contributed by atoms with Gasteiger partial charge in [-0.05, 0) is 0 Å². The van der Waals surface area contributed by atoms with Gasteiger partial charge in [0.1, 0.15) is 0 Å². The normalized spacial score (nSPS) is 9.20. The Bertz CT molecular complexity index is 89.1. The minimum atomic E-state index is 0. The number of hydrogen-bond acceptors (Lipinski definition) is 6. The fourth-order valence-corrected chi connectivity index (χ4v) is 0.933. The third kappa shape index (κ3) is 20.8. The van der Waals surface area contributed by atoms with Gasteiger partial charge in [-0.2, -0.15) is 0 Å². The molecule has 0 aliphatic carbocycles. The molecule has 0 radical (unpaired) electrons. The van der Waals surface area contributed by atoms with Crippen LogP contribution in [0.2, 0.25) is 0 Å². The van der Waals surface area contributed by atoms with Gasteiger partial charge in [0.05, 0.1) is 0 Å². The molecule has 0 unspecified atom stereocenters. The Hall–Kier alpha value is 0.760. The average Bonchev–Trinajstić information content (AvgIpc) is 2.16. The summed E-state index contributed by atoms with van der Waals surface area (Å²) in [5.41, 5.74) is 10.6. The van der Waals surface area contributed by atoms with Crippen LogP contribution < -0.4 is 57.0 Å². The second-order valence-electron chi connectivity index (χ2n) is 2.83. The maximum atomic E-state index is 5.32. The number of nitrogens with two attached hydrogens (primary N) is 2. The molecule has 0 saturated carbocycles. The molecule has 0 heterocycles. The number of hydrogen-bond donors (Lipinski definition) is 5. The van der Waals surface area contributed by atoms with Crippen molar-refractivity contribution in [2.75, 3.05) is 52.4 Å². The number of nitrogens with one attached hydrogen (secondary N) is 3. The Morgan fingerprint density at radius 1 is 0.600 bits per heavy atom. The Kier molecular flexibility index (Phi) is 28.4. The fraction of sp³-hybridized carbons (Fsp3) is 1.00. The van der Waals surface area contributed by atoms with E-state index in [0.29, 0.717) is 13.1 Å². The van der Waals surface area contributed by atoms with Crippen molar-refractivity contribution in [2.45, 2.75) is 0 Å². The Morgan fingerprint density at radius 2 is 0.867 bits per heavy atom. The van der Waals surface area contributed by atoms with Gasteiger partial charge < -0.3 is 32.9 Å². The SMILES string of the molecule is NCCNCCNCCNCCN.[Na+].[OH-]. The van der Waals surface area contributed by atoms with Crippen LogP contribution in [0.4, 0.5) is 0 Å². The maximum Gasteiger partial charge on any atom is 1.00 e. The summed E-state index contributed by atoms with van der Waals surface area (Å²) >= 11 is 0. The molecule has 0 aromatic carbocycles. The van der Waals surface area contributed by atoms with Crippen molar-refractivity contribution < 1.29 is 35.0 Å². The summed E-state index contributed by atoms with van der Waals surface area (Å²) in [7, 11) is 0. The fourth-order valence-electron chi connectivity index (χ4n) is 0.933. The molecule has 0 spiro atoms. The standard InChI is InChI=1S/C8H23N5.Na.H2O/c9-1-3-11-5-7-13-8-6-12-4-2-10;;/h11-13H,1-10H2;;1H2/q;+1;/p-1. The Labute approximate surface area is 115 Å². The monoisotopic (exact) mass is 229 g/mol. The Morgan fingerprint density at radius 3 is 1.13 bits per heavy atom. The third-order valence-corrected chi connectivity index (χ3v) is 1.60. The van der Waals surface area contributed by atoms with Gasteiger partial charge in [0.15, 0.2) is 0 Å². The van der Waals surface area contributed by atoms with E-state index in [1.807, 2.05) is 0 Å². The molecular formula is C8H24N5NaO. The summed E-state index contributed by atoms with van der Waals surface area (Å²) in [6.07, 6.45) is 0. The van der Waals surface area contributed by atoms with Crippen molar-refractivity contribution in [3.63, 3.8) is 0 Å². The Balaban J connectivity index is -0.000000720. The minimum absolute atomic E-state index is 0. The van der Waals surface area contributed by atoms with Crippen LogP contribution in [0.25, 0.3) is 0 Å². The van der Waals surface area contributed by atoms with Gasteiger partial charge in [-0.25, -0.2) is 0 Å². The van der Waals surface area contributed by atoms with E-state index in [2.05, 4.69) is 16.0 Å². The molecule has 0 aromatic rings. The van der Waals surface area contributed by atoms with Crippen molar-refractivity contribution >= 4 is 0 Å². The quantitative estimate of drug-likeness (QED) is 0.188. The molecule has 88 valence electrons. The van der Waals surface area contributed by atoms with Crippen LogP contribution in [0.3, 0.4) is 0 Å². The second kappa shape index (κ2) is 20.2. The van der Waals surface area contributed by atoms with Crippen molar-refractivity contribution in [3.8, 4) is 0 Å². The molecule has 0 bridgehead atoms. The molecule has 0 aliphatic heterocycles. The minimum Gasteiger partial charge on any atom is -0.870 e. The zero-order chi connectivity index (χ0) is 9.78. The third-order valence-electron chi connectivity index (χ3n) is 1.60. The molecule has 0 saturated heterocycles. The first kappa shape index (κ1) is 21.1. The van der Waals surface area contributed by atoms with Gasteiger partial charge in [-0.1, -0.05) is 0 Å². The van der Waals surface area contributed by atoms with E-state index in [9.17, 15) is 0 Å². The van der Waals surface area contributed by atoms with E-state index < -0.39 is 0 Å². The first-order valence-electron chi connectivity index (χ1n) is 4.94. The predicted molar refractivity (Wildman–Crippen MR) is 58.7 cm³/mol. The second-order valence-corrected chi connectivity index (χ2v) is 2.83. The van der Waals surface area contributed by atoms with E-state index in [1.54, 1.807) is 0 Å². The molecule has 15 heavy (non-hydrogen) atoms. The molecule has 0 fully saturated rings.